The summed E-state index contributed by atoms with van der Waals surface area (Å²) in [5, 5.41) is 6.14. The SMILES string of the molecule is CCCOc1ccc(-c2nc(C(=O)N(CCC)C3CCNCC3)cs2)cc1. The number of aromatic nitrogens is 1. The van der Waals surface area contributed by atoms with Gasteiger partial charge in [0.25, 0.3) is 5.91 Å². The molecular formula is C21H29N3O2S. The molecule has 5 nitrogen and oxygen atoms in total. The fourth-order valence-corrected chi connectivity index (χ4v) is 4.17. The minimum Gasteiger partial charge on any atom is -0.494 e. The molecule has 1 N–H and O–H groups in total. The maximum atomic E-state index is 13.1. The Hall–Kier alpha value is -1.92. The Morgan fingerprint density at radius 2 is 1.96 bits per heavy atom. The Kier molecular flexibility index (Phi) is 7.24. The molecule has 0 aliphatic carbocycles. The molecule has 1 aromatic carbocycles. The molecule has 6 heteroatoms. The Bertz CT molecular complexity index is 723. The van der Waals surface area contributed by atoms with E-state index in [1.165, 1.54) is 11.3 Å². The summed E-state index contributed by atoms with van der Waals surface area (Å²) < 4.78 is 5.63. The molecule has 3 rings (SSSR count). The summed E-state index contributed by atoms with van der Waals surface area (Å²) in [5.74, 6) is 0.933. The van der Waals surface area contributed by atoms with Crippen molar-refractivity contribution < 1.29 is 9.53 Å². The van der Waals surface area contributed by atoms with E-state index < -0.39 is 0 Å². The van der Waals surface area contributed by atoms with Gasteiger partial charge in [-0.2, -0.15) is 0 Å². The zero-order valence-electron chi connectivity index (χ0n) is 16.2. The van der Waals surface area contributed by atoms with Crippen molar-refractivity contribution in [1.82, 2.24) is 15.2 Å². The summed E-state index contributed by atoms with van der Waals surface area (Å²) in [5.41, 5.74) is 1.58. The highest BCUT2D eigenvalue weighted by Crippen LogP contribution is 2.27. The molecule has 2 aromatic rings. The lowest BCUT2D eigenvalue weighted by molar-refractivity contribution is 0.0637. The average molecular weight is 388 g/mol. The Labute approximate surface area is 165 Å². The van der Waals surface area contributed by atoms with Gasteiger partial charge in [-0.3, -0.25) is 4.79 Å². The predicted octanol–water partition coefficient (Wildman–Crippen LogP) is 4.20. The molecule has 1 aliphatic heterocycles. The van der Waals surface area contributed by atoms with Crippen LogP contribution < -0.4 is 10.1 Å². The number of piperidine rings is 1. The first-order chi connectivity index (χ1) is 13.2. The number of amides is 1. The first-order valence-electron chi connectivity index (χ1n) is 9.93. The molecule has 0 radical (unpaired) electrons. The van der Waals surface area contributed by atoms with Crippen LogP contribution in [0.3, 0.4) is 0 Å². The summed E-state index contributed by atoms with van der Waals surface area (Å²) in [6.07, 6.45) is 3.99. The fraction of sp³-hybridized carbons (Fsp3) is 0.524. The first kappa shape index (κ1) is 19.8. The van der Waals surface area contributed by atoms with Gasteiger partial charge in [-0.15, -0.1) is 11.3 Å². The van der Waals surface area contributed by atoms with Gasteiger partial charge in [-0.25, -0.2) is 4.98 Å². The third-order valence-electron chi connectivity index (χ3n) is 4.77. The number of nitrogens with one attached hydrogen (secondary N) is 1. The molecule has 0 unspecified atom stereocenters. The fourth-order valence-electron chi connectivity index (χ4n) is 3.37. The number of benzene rings is 1. The van der Waals surface area contributed by atoms with Crippen LogP contribution in [-0.4, -0.2) is 48.1 Å². The van der Waals surface area contributed by atoms with Gasteiger partial charge in [0.2, 0.25) is 0 Å². The summed E-state index contributed by atoms with van der Waals surface area (Å²) in [6.45, 7) is 7.68. The third kappa shape index (κ3) is 5.08. The van der Waals surface area contributed by atoms with E-state index in [1.54, 1.807) is 0 Å². The molecule has 0 spiro atoms. The van der Waals surface area contributed by atoms with Crippen LogP contribution in [0.15, 0.2) is 29.6 Å². The quantitative estimate of drug-likeness (QED) is 0.737. The number of ether oxygens (including phenoxy) is 1. The van der Waals surface area contributed by atoms with Crippen molar-refractivity contribution in [2.45, 2.75) is 45.6 Å². The van der Waals surface area contributed by atoms with Crippen molar-refractivity contribution in [2.24, 2.45) is 0 Å². The highest BCUT2D eigenvalue weighted by Gasteiger charge is 2.27. The van der Waals surface area contributed by atoms with E-state index in [1.807, 2.05) is 34.5 Å². The number of carbonyl (C=O) groups is 1. The zero-order chi connectivity index (χ0) is 19.1. The number of rotatable bonds is 8. The van der Waals surface area contributed by atoms with Crippen LogP contribution in [0.4, 0.5) is 0 Å². The number of hydrogen-bond donors (Lipinski definition) is 1. The maximum absolute atomic E-state index is 13.1. The van der Waals surface area contributed by atoms with Crippen LogP contribution >= 0.6 is 11.3 Å². The van der Waals surface area contributed by atoms with Crippen molar-refractivity contribution in [3.05, 3.63) is 35.3 Å². The van der Waals surface area contributed by atoms with E-state index in [2.05, 4.69) is 24.1 Å². The van der Waals surface area contributed by atoms with Crippen molar-refractivity contribution in [2.75, 3.05) is 26.2 Å². The van der Waals surface area contributed by atoms with Crippen LogP contribution in [0.25, 0.3) is 10.6 Å². The molecule has 27 heavy (non-hydrogen) atoms. The van der Waals surface area contributed by atoms with Crippen LogP contribution in [-0.2, 0) is 0 Å². The summed E-state index contributed by atoms with van der Waals surface area (Å²) in [6, 6.07) is 8.26. The molecule has 0 atom stereocenters. The van der Waals surface area contributed by atoms with Crippen LogP contribution in [0.1, 0.15) is 50.0 Å². The number of carbonyl (C=O) groups excluding carboxylic acids is 1. The normalized spacial score (nSPS) is 14.9. The van der Waals surface area contributed by atoms with Gasteiger partial charge in [-0.1, -0.05) is 13.8 Å². The van der Waals surface area contributed by atoms with E-state index in [0.717, 1.165) is 68.2 Å². The molecule has 1 aromatic heterocycles. The standard InChI is InChI=1S/C21H29N3O2S/c1-3-13-24(17-9-11-22-12-10-17)21(25)19-15-27-20(23-19)16-5-7-18(8-6-16)26-14-4-2/h5-8,15,17,22H,3-4,9-14H2,1-2H3. The zero-order valence-corrected chi connectivity index (χ0v) is 17.1. The molecule has 0 saturated carbocycles. The van der Waals surface area contributed by atoms with Gasteiger partial charge in [0.1, 0.15) is 16.5 Å². The van der Waals surface area contributed by atoms with Gasteiger partial charge in [0.05, 0.1) is 6.61 Å². The van der Waals surface area contributed by atoms with Crippen LogP contribution in [0.2, 0.25) is 0 Å². The average Bonchev–Trinajstić information content (AvgIpc) is 3.21. The smallest absolute Gasteiger partial charge is 0.273 e. The van der Waals surface area contributed by atoms with Crippen molar-refractivity contribution in [3.8, 4) is 16.3 Å². The number of hydrogen-bond acceptors (Lipinski definition) is 5. The maximum Gasteiger partial charge on any atom is 0.273 e. The molecular weight excluding hydrogens is 358 g/mol. The first-order valence-corrected chi connectivity index (χ1v) is 10.8. The Morgan fingerprint density at radius 1 is 1.22 bits per heavy atom. The lowest BCUT2D eigenvalue weighted by atomic mass is 10.0. The van der Waals surface area contributed by atoms with E-state index >= 15 is 0 Å². The molecule has 1 fully saturated rings. The Morgan fingerprint density at radius 3 is 2.63 bits per heavy atom. The molecule has 2 heterocycles. The molecule has 1 amide bonds. The van der Waals surface area contributed by atoms with Gasteiger partial charge < -0.3 is 15.0 Å². The molecule has 1 saturated heterocycles. The topological polar surface area (TPSA) is 54.5 Å². The van der Waals surface area contributed by atoms with Gasteiger partial charge in [0.15, 0.2) is 0 Å². The van der Waals surface area contributed by atoms with Gasteiger partial charge in [-0.05, 0) is 63.0 Å². The van der Waals surface area contributed by atoms with E-state index in [-0.39, 0.29) is 5.91 Å². The second-order valence-electron chi connectivity index (χ2n) is 6.89. The minimum atomic E-state index is 0.0640. The largest absolute Gasteiger partial charge is 0.494 e. The van der Waals surface area contributed by atoms with Crippen molar-refractivity contribution >= 4 is 17.2 Å². The molecule has 1 aliphatic rings. The number of nitrogens with zero attached hydrogens (tertiary/aromatic N) is 2. The van der Waals surface area contributed by atoms with E-state index in [0.29, 0.717) is 11.7 Å². The minimum absolute atomic E-state index is 0.0640. The van der Waals surface area contributed by atoms with Crippen LogP contribution in [0, 0.1) is 0 Å². The monoisotopic (exact) mass is 387 g/mol. The second-order valence-corrected chi connectivity index (χ2v) is 7.75. The summed E-state index contributed by atoms with van der Waals surface area (Å²) in [4.78, 5) is 19.8. The lowest BCUT2D eigenvalue weighted by Crippen LogP contribution is -2.46. The summed E-state index contributed by atoms with van der Waals surface area (Å²) >= 11 is 1.53. The second kappa shape index (κ2) is 9.85. The number of thiazole rings is 1. The molecule has 146 valence electrons. The summed E-state index contributed by atoms with van der Waals surface area (Å²) in [7, 11) is 0. The van der Waals surface area contributed by atoms with Crippen molar-refractivity contribution in [3.63, 3.8) is 0 Å². The third-order valence-corrected chi connectivity index (χ3v) is 5.66. The van der Waals surface area contributed by atoms with E-state index in [4.69, 9.17) is 4.74 Å². The Balaban J connectivity index is 1.72. The van der Waals surface area contributed by atoms with Crippen LogP contribution in [0.5, 0.6) is 5.75 Å². The predicted molar refractivity (Wildman–Crippen MR) is 111 cm³/mol. The van der Waals surface area contributed by atoms with Gasteiger partial charge >= 0.3 is 0 Å². The highest BCUT2D eigenvalue weighted by molar-refractivity contribution is 7.13. The highest BCUT2D eigenvalue weighted by atomic mass is 32.1. The molecule has 0 bridgehead atoms. The van der Waals surface area contributed by atoms with Crippen molar-refractivity contribution in [1.29, 1.82) is 0 Å². The lowest BCUT2D eigenvalue weighted by Gasteiger charge is -2.34. The van der Waals surface area contributed by atoms with Gasteiger partial charge in [0, 0.05) is 23.5 Å². The van der Waals surface area contributed by atoms with E-state index in [9.17, 15) is 4.79 Å².